The number of carbonyl (C=O) groups is 2. The third-order valence-electron chi connectivity index (χ3n) is 4.94. The number of nitrogens with one attached hydrogen (secondary N) is 1. The minimum Gasteiger partial charge on any atom is -0.461 e. The second-order valence-corrected chi connectivity index (χ2v) is 8.26. The average Bonchev–Trinajstić information content (AvgIpc) is 3.05. The Bertz CT molecular complexity index is 620. The second kappa shape index (κ2) is 4.94. The number of fused-ring (bicyclic) bond motifs is 1. The van der Waals surface area contributed by atoms with E-state index in [2.05, 4.69) is 43.8 Å². The number of ether oxygens (including phenoxy) is 1. The summed E-state index contributed by atoms with van der Waals surface area (Å²) >= 11 is 5.84. The van der Waals surface area contributed by atoms with Gasteiger partial charge in [-0.2, -0.15) is 0 Å². The van der Waals surface area contributed by atoms with E-state index in [-0.39, 0.29) is 46.5 Å². The molecular weight excluding hydrogens is 449 g/mol. The van der Waals surface area contributed by atoms with E-state index in [9.17, 15) is 9.59 Å². The van der Waals surface area contributed by atoms with Gasteiger partial charge in [-0.05, 0) is 59.2 Å². The van der Waals surface area contributed by atoms with E-state index < -0.39 is 0 Å². The molecule has 2 bridgehead atoms. The van der Waals surface area contributed by atoms with Gasteiger partial charge in [0.1, 0.15) is 6.10 Å². The molecule has 1 saturated heterocycles. The molecule has 21 heavy (non-hydrogen) atoms. The van der Waals surface area contributed by atoms with Crippen molar-refractivity contribution in [3.05, 3.63) is 27.8 Å². The molecule has 4 rings (SSSR count). The van der Waals surface area contributed by atoms with Gasteiger partial charge in [0.15, 0.2) is 0 Å². The van der Waals surface area contributed by atoms with Crippen molar-refractivity contribution in [1.29, 1.82) is 0 Å². The molecule has 2 aliphatic carbocycles. The molecule has 0 aromatic heterocycles. The number of rotatable bonds is 2. The molecular formula is C15H13BrINO3. The number of benzene rings is 1. The third kappa shape index (κ3) is 2.05. The highest BCUT2D eigenvalue weighted by Gasteiger charge is 2.67. The standard InChI is InChI=1S/C15H13BrINO3/c16-12-8-5-9-11(15(20)21-13(9)12)10(8)14(19)18-7-3-1-6(17)2-4-7/h1-4,8-13H,5H2,(H,18,19)/t8-,9-,10-,11+,12+,13+/m1/s1. The molecule has 3 fully saturated rings. The summed E-state index contributed by atoms with van der Waals surface area (Å²) in [5, 5.41) is 2.95. The summed E-state index contributed by atoms with van der Waals surface area (Å²) in [6, 6.07) is 7.66. The summed E-state index contributed by atoms with van der Waals surface area (Å²) < 4.78 is 6.55. The molecule has 0 unspecified atom stereocenters. The Morgan fingerprint density at radius 3 is 2.71 bits per heavy atom. The minimum absolute atomic E-state index is 0.0325. The molecule has 1 amide bonds. The number of anilines is 1. The second-order valence-electron chi connectivity index (χ2n) is 5.96. The SMILES string of the molecule is O=C(Nc1ccc(I)cc1)[C@@H]1[C@H]2C[C@H]3[C@H](OC(=O)[C@@H]31)[C@H]2Br. The van der Waals surface area contributed by atoms with Gasteiger partial charge in [-0.1, -0.05) is 15.9 Å². The maximum absolute atomic E-state index is 12.6. The average molecular weight is 462 g/mol. The fourth-order valence-corrected chi connectivity index (χ4v) is 5.49. The Morgan fingerprint density at radius 2 is 2.00 bits per heavy atom. The van der Waals surface area contributed by atoms with Crippen LogP contribution < -0.4 is 5.32 Å². The van der Waals surface area contributed by atoms with Crippen LogP contribution in [0.15, 0.2) is 24.3 Å². The number of carbonyl (C=O) groups excluding carboxylic acids is 2. The highest BCUT2D eigenvalue weighted by atomic mass is 127. The number of alkyl halides is 1. The zero-order valence-corrected chi connectivity index (χ0v) is 14.7. The fraction of sp³-hybridized carbons (Fsp3) is 0.467. The van der Waals surface area contributed by atoms with Crippen LogP contribution in [0.2, 0.25) is 0 Å². The van der Waals surface area contributed by atoms with Crippen molar-refractivity contribution in [1.82, 2.24) is 0 Å². The lowest BCUT2D eigenvalue weighted by Gasteiger charge is -2.27. The van der Waals surface area contributed by atoms with Crippen LogP contribution in [-0.2, 0) is 14.3 Å². The smallest absolute Gasteiger partial charge is 0.310 e. The normalized spacial score (nSPS) is 39.4. The molecule has 1 aromatic rings. The summed E-state index contributed by atoms with van der Waals surface area (Å²) in [7, 11) is 0. The van der Waals surface area contributed by atoms with Crippen molar-refractivity contribution < 1.29 is 14.3 Å². The van der Waals surface area contributed by atoms with Gasteiger partial charge in [0, 0.05) is 15.2 Å². The molecule has 1 heterocycles. The van der Waals surface area contributed by atoms with Crippen molar-refractivity contribution in [3.8, 4) is 0 Å². The van der Waals surface area contributed by atoms with E-state index in [0.29, 0.717) is 0 Å². The van der Waals surface area contributed by atoms with Gasteiger partial charge in [0.25, 0.3) is 0 Å². The summed E-state index contributed by atoms with van der Waals surface area (Å²) in [5.41, 5.74) is 0.775. The van der Waals surface area contributed by atoms with Crippen molar-refractivity contribution in [3.63, 3.8) is 0 Å². The lowest BCUT2D eigenvalue weighted by atomic mass is 9.79. The first kappa shape index (κ1) is 14.0. The van der Waals surface area contributed by atoms with E-state index in [1.165, 1.54) is 0 Å². The molecule has 3 aliphatic rings. The first-order valence-corrected chi connectivity index (χ1v) is 8.96. The quantitative estimate of drug-likeness (QED) is 0.418. The van der Waals surface area contributed by atoms with Crippen LogP contribution in [0.5, 0.6) is 0 Å². The number of hydrogen-bond donors (Lipinski definition) is 1. The number of amides is 1. The highest BCUT2D eigenvalue weighted by molar-refractivity contribution is 14.1. The van der Waals surface area contributed by atoms with Gasteiger partial charge in [0.05, 0.1) is 16.7 Å². The largest absolute Gasteiger partial charge is 0.461 e. The van der Waals surface area contributed by atoms with E-state index >= 15 is 0 Å². The van der Waals surface area contributed by atoms with Crippen LogP contribution in [-0.4, -0.2) is 22.8 Å². The lowest BCUT2D eigenvalue weighted by molar-refractivity contribution is -0.145. The Hall–Kier alpha value is -0.630. The lowest BCUT2D eigenvalue weighted by Crippen LogP contribution is -2.40. The molecule has 1 aromatic carbocycles. The monoisotopic (exact) mass is 461 g/mol. The molecule has 0 radical (unpaired) electrons. The van der Waals surface area contributed by atoms with Crippen LogP contribution in [0.25, 0.3) is 0 Å². The van der Waals surface area contributed by atoms with Crippen molar-refractivity contribution in [2.75, 3.05) is 5.32 Å². The maximum atomic E-state index is 12.6. The summed E-state index contributed by atoms with van der Waals surface area (Å²) in [6.45, 7) is 0. The zero-order valence-electron chi connectivity index (χ0n) is 11.0. The molecule has 0 spiro atoms. The molecule has 6 atom stereocenters. The molecule has 4 nitrogen and oxygen atoms in total. The molecule has 6 heteroatoms. The number of esters is 1. The first-order valence-electron chi connectivity index (χ1n) is 6.97. The number of hydrogen-bond acceptors (Lipinski definition) is 3. The Balaban J connectivity index is 1.57. The zero-order chi connectivity index (χ0) is 14.7. The fourth-order valence-electron chi connectivity index (χ4n) is 4.09. The van der Waals surface area contributed by atoms with Gasteiger partial charge in [-0.25, -0.2) is 0 Å². The molecule has 2 saturated carbocycles. The van der Waals surface area contributed by atoms with Crippen molar-refractivity contribution in [2.24, 2.45) is 23.7 Å². The van der Waals surface area contributed by atoms with Gasteiger partial charge in [-0.15, -0.1) is 0 Å². The van der Waals surface area contributed by atoms with Crippen LogP contribution >= 0.6 is 38.5 Å². The Labute approximate surface area is 144 Å². The highest BCUT2D eigenvalue weighted by Crippen LogP contribution is 2.60. The Morgan fingerprint density at radius 1 is 1.29 bits per heavy atom. The summed E-state index contributed by atoms with van der Waals surface area (Å²) in [5.74, 6) is -0.380. The molecule has 1 N–H and O–H groups in total. The van der Waals surface area contributed by atoms with Gasteiger partial charge in [0.2, 0.25) is 5.91 Å². The van der Waals surface area contributed by atoms with Crippen LogP contribution in [0, 0.1) is 27.2 Å². The van der Waals surface area contributed by atoms with E-state index in [4.69, 9.17) is 4.74 Å². The summed E-state index contributed by atoms with van der Waals surface area (Å²) in [4.78, 5) is 24.8. The third-order valence-corrected chi connectivity index (χ3v) is 6.86. The molecule has 110 valence electrons. The van der Waals surface area contributed by atoms with Gasteiger partial charge >= 0.3 is 5.97 Å². The van der Waals surface area contributed by atoms with Crippen molar-refractivity contribution in [2.45, 2.75) is 17.4 Å². The minimum atomic E-state index is -0.273. The maximum Gasteiger partial charge on any atom is 0.310 e. The van der Waals surface area contributed by atoms with Crippen molar-refractivity contribution >= 4 is 56.1 Å². The first-order chi connectivity index (χ1) is 10.1. The van der Waals surface area contributed by atoms with Gasteiger partial charge < -0.3 is 10.1 Å². The van der Waals surface area contributed by atoms with Crippen LogP contribution in [0.4, 0.5) is 5.69 Å². The summed E-state index contributed by atoms with van der Waals surface area (Å²) in [6.07, 6.45) is 0.872. The van der Waals surface area contributed by atoms with E-state index in [1.807, 2.05) is 24.3 Å². The van der Waals surface area contributed by atoms with E-state index in [0.717, 1.165) is 15.7 Å². The number of halogens is 2. The van der Waals surface area contributed by atoms with Crippen LogP contribution in [0.3, 0.4) is 0 Å². The predicted octanol–water partition coefficient (Wildman–Crippen LogP) is 2.80. The topological polar surface area (TPSA) is 55.4 Å². The van der Waals surface area contributed by atoms with Crippen LogP contribution in [0.1, 0.15) is 6.42 Å². The molecule has 1 aliphatic heterocycles. The predicted molar refractivity (Wildman–Crippen MR) is 89.0 cm³/mol. The van der Waals surface area contributed by atoms with E-state index in [1.54, 1.807) is 0 Å². The Kier molecular flexibility index (Phi) is 3.29. The van der Waals surface area contributed by atoms with Gasteiger partial charge in [-0.3, -0.25) is 9.59 Å².